The Labute approximate surface area is 211 Å². The highest BCUT2D eigenvalue weighted by Gasteiger charge is 2.12. The van der Waals surface area contributed by atoms with Gasteiger partial charge in [-0.1, -0.05) is 6.07 Å². The van der Waals surface area contributed by atoms with Crippen LogP contribution in [0.2, 0.25) is 0 Å². The van der Waals surface area contributed by atoms with Crippen LogP contribution in [0.25, 0.3) is 11.3 Å². The molecule has 2 aromatic carbocycles. The van der Waals surface area contributed by atoms with Crippen molar-refractivity contribution in [1.29, 1.82) is 0 Å². The summed E-state index contributed by atoms with van der Waals surface area (Å²) in [7, 11) is 0. The average Bonchev–Trinajstić information content (AvgIpc) is 3.40. The van der Waals surface area contributed by atoms with E-state index in [0.29, 0.717) is 34.0 Å². The number of nitrogens with one attached hydrogen (secondary N) is 3. The van der Waals surface area contributed by atoms with E-state index in [9.17, 15) is 14.0 Å². The van der Waals surface area contributed by atoms with Gasteiger partial charge in [0.25, 0.3) is 0 Å². The van der Waals surface area contributed by atoms with E-state index in [1.165, 1.54) is 12.1 Å². The molecule has 2 heterocycles. The molecule has 6 N–H and O–H groups in total. The summed E-state index contributed by atoms with van der Waals surface area (Å²) >= 11 is 0. The van der Waals surface area contributed by atoms with Gasteiger partial charge in [0.15, 0.2) is 0 Å². The molecule has 2 aromatic heterocycles. The number of hydrogen-bond donors (Lipinski definition) is 5. The second-order valence-electron chi connectivity index (χ2n) is 7.76. The number of H-pyrrole nitrogens is 1. The molecule has 0 unspecified atom stereocenters. The number of nitrogens with zero attached hydrogens (tertiary/aromatic N) is 1. The fraction of sp³-hybridized carbons (Fsp3) is 0.115. The van der Waals surface area contributed by atoms with Crippen molar-refractivity contribution in [3.8, 4) is 22.8 Å². The lowest BCUT2D eigenvalue weighted by Crippen LogP contribution is -2.20. The van der Waals surface area contributed by atoms with Crippen LogP contribution < -0.4 is 21.1 Å². The lowest BCUT2D eigenvalue weighted by Gasteiger charge is -2.11. The minimum Gasteiger partial charge on any atom is -0.459 e. The molecule has 0 atom stereocenters. The molecule has 0 saturated heterocycles. The first-order valence-corrected chi connectivity index (χ1v) is 11.2. The summed E-state index contributed by atoms with van der Waals surface area (Å²) in [5.41, 5.74) is 8.22. The van der Waals surface area contributed by atoms with Gasteiger partial charge in [0.2, 0.25) is 0 Å². The Balaban J connectivity index is 1.37. The van der Waals surface area contributed by atoms with Crippen LogP contribution in [0.5, 0.6) is 11.5 Å². The van der Waals surface area contributed by atoms with E-state index >= 15 is 0 Å². The van der Waals surface area contributed by atoms with Gasteiger partial charge in [-0.15, -0.1) is 0 Å². The highest BCUT2D eigenvalue weighted by Crippen LogP contribution is 2.27. The number of pyridine rings is 1. The van der Waals surface area contributed by atoms with Gasteiger partial charge in [-0.2, -0.15) is 0 Å². The normalized spacial score (nSPS) is 10.6. The standard InChI is InChI=1S/C26H24FN5O5/c27-21-6-1-16(14-28)11-23(21)32-26(35)31-18-2-4-19(5-3-18)37-20-7-8-29-22(13-20)17-12-24(30-15-17)25(34)36-10-9-33/h1-8,11-13,15,30,33H,9-10,14,28H2,(H2,31,32,35). The van der Waals surface area contributed by atoms with E-state index in [4.69, 9.17) is 20.3 Å². The maximum Gasteiger partial charge on any atom is 0.354 e. The molecule has 2 amide bonds. The van der Waals surface area contributed by atoms with Gasteiger partial charge >= 0.3 is 12.0 Å². The Kier molecular flexibility index (Phi) is 8.08. The molecule has 0 aliphatic carbocycles. The number of benzene rings is 2. The number of hydrogen-bond acceptors (Lipinski definition) is 7. The lowest BCUT2D eigenvalue weighted by atomic mass is 10.2. The minimum atomic E-state index is -0.605. The van der Waals surface area contributed by atoms with Crippen LogP contribution in [0.1, 0.15) is 16.1 Å². The van der Waals surface area contributed by atoms with Crippen molar-refractivity contribution in [3.63, 3.8) is 0 Å². The third-order valence-electron chi connectivity index (χ3n) is 5.12. The molecule has 0 saturated carbocycles. The van der Waals surface area contributed by atoms with E-state index in [1.807, 2.05) is 0 Å². The van der Waals surface area contributed by atoms with Crippen molar-refractivity contribution in [1.82, 2.24) is 9.97 Å². The monoisotopic (exact) mass is 505 g/mol. The molecular weight excluding hydrogens is 481 g/mol. The number of halogens is 1. The van der Waals surface area contributed by atoms with Gasteiger partial charge in [-0.05, 0) is 54.1 Å². The van der Waals surface area contributed by atoms with Crippen LogP contribution in [-0.2, 0) is 11.3 Å². The van der Waals surface area contributed by atoms with Crippen molar-refractivity contribution in [2.24, 2.45) is 5.73 Å². The molecule has 0 radical (unpaired) electrons. The number of aromatic nitrogens is 2. The molecule has 37 heavy (non-hydrogen) atoms. The minimum absolute atomic E-state index is 0.0329. The Hall–Kier alpha value is -4.74. The number of aliphatic hydroxyl groups is 1. The smallest absolute Gasteiger partial charge is 0.354 e. The highest BCUT2D eigenvalue weighted by molar-refractivity contribution is 5.99. The van der Waals surface area contributed by atoms with Crippen molar-refractivity contribution in [2.75, 3.05) is 23.8 Å². The molecular formula is C26H24FN5O5. The number of amides is 2. The Morgan fingerprint density at radius 3 is 2.59 bits per heavy atom. The third kappa shape index (κ3) is 6.69. The zero-order valence-corrected chi connectivity index (χ0v) is 19.5. The molecule has 0 fully saturated rings. The van der Waals surface area contributed by atoms with Crippen molar-refractivity contribution in [2.45, 2.75) is 6.54 Å². The van der Waals surface area contributed by atoms with Crippen LogP contribution in [0.3, 0.4) is 0 Å². The summed E-state index contributed by atoms with van der Waals surface area (Å²) in [6.07, 6.45) is 3.19. The van der Waals surface area contributed by atoms with Crippen LogP contribution in [0.15, 0.2) is 73.1 Å². The van der Waals surface area contributed by atoms with Gasteiger partial charge in [0.05, 0.1) is 18.0 Å². The van der Waals surface area contributed by atoms with Gasteiger partial charge in [-0.25, -0.2) is 14.0 Å². The molecule has 4 rings (SSSR count). The number of esters is 1. The highest BCUT2D eigenvalue weighted by atomic mass is 19.1. The predicted octanol–water partition coefficient (Wildman–Crippen LogP) is 4.26. The number of nitrogens with two attached hydrogens (primary N) is 1. The zero-order valence-electron chi connectivity index (χ0n) is 19.5. The molecule has 190 valence electrons. The topological polar surface area (TPSA) is 152 Å². The summed E-state index contributed by atoms with van der Waals surface area (Å²) in [5.74, 6) is -0.133. The molecule has 0 aliphatic heterocycles. The van der Waals surface area contributed by atoms with Crippen molar-refractivity contribution in [3.05, 3.63) is 90.1 Å². The first-order chi connectivity index (χ1) is 17.9. The fourth-order valence-electron chi connectivity index (χ4n) is 3.33. The summed E-state index contributed by atoms with van der Waals surface area (Å²) in [5, 5.41) is 13.9. The number of carbonyl (C=O) groups excluding carboxylic acids is 2. The number of aliphatic hydroxyl groups excluding tert-OH is 1. The van der Waals surface area contributed by atoms with Crippen LogP contribution in [0, 0.1) is 5.82 Å². The van der Waals surface area contributed by atoms with Gasteiger partial charge in [-0.3, -0.25) is 4.98 Å². The maximum absolute atomic E-state index is 13.9. The van der Waals surface area contributed by atoms with E-state index < -0.39 is 17.8 Å². The second-order valence-corrected chi connectivity index (χ2v) is 7.76. The first-order valence-electron chi connectivity index (χ1n) is 11.2. The number of ether oxygens (including phenoxy) is 2. The van der Waals surface area contributed by atoms with Gasteiger partial charge in [0.1, 0.15) is 29.6 Å². The van der Waals surface area contributed by atoms with Crippen LogP contribution in [0.4, 0.5) is 20.6 Å². The Morgan fingerprint density at radius 1 is 1.03 bits per heavy atom. The van der Waals surface area contributed by atoms with Gasteiger partial charge < -0.3 is 35.9 Å². The third-order valence-corrected chi connectivity index (χ3v) is 5.12. The van der Waals surface area contributed by atoms with Crippen LogP contribution in [-0.4, -0.2) is 40.3 Å². The quantitative estimate of drug-likeness (QED) is 0.213. The van der Waals surface area contributed by atoms with Crippen LogP contribution >= 0.6 is 0 Å². The molecule has 10 nitrogen and oxygen atoms in total. The summed E-state index contributed by atoms with van der Waals surface area (Å²) in [4.78, 5) is 31.3. The second kappa shape index (κ2) is 11.8. The Morgan fingerprint density at radius 2 is 1.84 bits per heavy atom. The average molecular weight is 506 g/mol. The zero-order chi connectivity index (χ0) is 26.2. The summed E-state index contributed by atoms with van der Waals surface area (Å²) < 4.78 is 24.7. The maximum atomic E-state index is 13.9. The first kappa shape index (κ1) is 25.4. The lowest BCUT2D eigenvalue weighted by molar-refractivity contribution is 0.0428. The number of aromatic amines is 1. The largest absolute Gasteiger partial charge is 0.459 e. The molecule has 0 spiro atoms. The number of urea groups is 1. The summed E-state index contributed by atoms with van der Waals surface area (Å²) in [6.45, 7) is -0.119. The predicted molar refractivity (Wildman–Crippen MR) is 135 cm³/mol. The molecule has 0 bridgehead atoms. The SMILES string of the molecule is NCc1ccc(F)c(NC(=O)Nc2ccc(Oc3ccnc(-c4c[nH]c(C(=O)OCCO)c4)c3)cc2)c1. The molecule has 4 aromatic rings. The van der Waals surface area contributed by atoms with E-state index in [-0.39, 0.29) is 31.1 Å². The molecule has 0 aliphatic rings. The fourth-order valence-corrected chi connectivity index (χ4v) is 3.33. The van der Waals surface area contributed by atoms with Gasteiger partial charge in [0, 0.05) is 36.3 Å². The molecule has 11 heteroatoms. The van der Waals surface area contributed by atoms with E-state index in [1.54, 1.807) is 60.9 Å². The summed E-state index contributed by atoms with van der Waals surface area (Å²) in [6, 6.07) is 15.2. The van der Waals surface area contributed by atoms with E-state index in [2.05, 4.69) is 20.6 Å². The Bertz CT molecular complexity index is 1390. The van der Waals surface area contributed by atoms with Crippen molar-refractivity contribution >= 4 is 23.4 Å². The number of carbonyl (C=O) groups is 2. The number of anilines is 2. The van der Waals surface area contributed by atoms with E-state index in [0.717, 1.165) is 0 Å². The van der Waals surface area contributed by atoms with Crippen molar-refractivity contribution < 1.29 is 28.6 Å². The number of rotatable bonds is 9.